The molecule has 0 aliphatic rings. The summed E-state index contributed by atoms with van der Waals surface area (Å²) in [6, 6.07) is 16.8. The minimum Gasteiger partial charge on any atom is -0.452 e. The van der Waals surface area contributed by atoms with Crippen LogP contribution in [-0.2, 0) is 0 Å². The first kappa shape index (κ1) is 11.9. The average Bonchev–Trinajstić information content (AvgIpc) is 3.05. The normalized spacial score (nSPS) is 12.1. The maximum absolute atomic E-state index is 6.09. The summed E-state index contributed by atoms with van der Waals surface area (Å²) in [5.74, 6) is 0. The predicted octanol–water partition coefficient (Wildman–Crippen LogP) is 6.10. The van der Waals surface area contributed by atoms with Gasteiger partial charge in [-0.3, -0.25) is 0 Å². The van der Waals surface area contributed by atoms with Crippen LogP contribution in [0.3, 0.4) is 0 Å². The molecule has 0 bridgehead atoms. The van der Waals surface area contributed by atoms with Gasteiger partial charge in [0.2, 0.25) is 0 Å². The van der Waals surface area contributed by atoms with Gasteiger partial charge in [0.05, 0.1) is 0 Å². The Balaban J connectivity index is 2.03. The quantitative estimate of drug-likeness (QED) is 0.343. The highest BCUT2D eigenvalue weighted by Crippen LogP contribution is 2.38. The molecular weight excluding hydrogens is 272 g/mol. The number of furan rings is 2. The Labute approximate surface area is 126 Å². The zero-order chi connectivity index (χ0) is 14.8. The van der Waals surface area contributed by atoms with Crippen molar-refractivity contribution in [3.63, 3.8) is 0 Å². The lowest BCUT2D eigenvalue weighted by molar-refractivity contribution is 0.633. The topological polar surface area (TPSA) is 26.3 Å². The SMILES string of the molecule is Cc1ccc2oc3c(ccc4c5cc(C)ccc5oc43)c2c1. The van der Waals surface area contributed by atoms with E-state index in [-0.39, 0.29) is 0 Å². The molecule has 5 rings (SSSR count). The van der Waals surface area contributed by atoms with Crippen LogP contribution in [0.1, 0.15) is 11.1 Å². The third-order valence-corrected chi connectivity index (χ3v) is 4.39. The van der Waals surface area contributed by atoms with Crippen LogP contribution in [0.15, 0.2) is 57.4 Å². The van der Waals surface area contributed by atoms with Crippen LogP contribution < -0.4 is 0 Å². The summed E-state index contributed by atoms with van der Waals surface area (Å²) >= 11 is 0. The molecule has 0 unspecified atom stereocenters. The summed E-state index contributed by atoms with van der Waals surface area (Å²) < 4.78 is 12.2. The highest BCUT2D eigenvalue weighted by atomic mass is 16.4. The molecule has 0 atom stereocenters. The summed E-state index contributed by atoms with van der Waals surface area (Å²) in [5, 5.41) is 4.52. The van der Waals surface area contributed by atoms with Gasteiger partial charge in [-0.2, -0.15) is 0 Å². The van der Waals surface area contributed by atoms with Crippen molar-refractivity contribution in [3.05, 3.63) is 59.7 Å². The molecule has 2 heterocycles. The lowest BCUT2D eigenvalue weighted by atomic mass is 10.1. The van der Waals surface area contributed by atoms with Crippen molar-refractivity contribution in [1.29, 1.82) is 0 Å². The molecule has 0 saturated heterocycles. The van der Waals surface area contributed by atoms with Gasteiger partial charge in [0.15, 0.2) is 11.2 Å². The molecule has 22 heavy (non-hydrogen) atoms. The van der Waals surface area contributed by atoms with Crippen LogP contribution >= 0.6 is 0 Å². The first-order valence-corrected chi connectivity index (χ1v) is 7.45. The van der Waals surface area contributed by atoms with E-state index in [0.29, 0.717) is 0 Å². The highest BCUT2D eigenvalue weighted by Gasteiger charge is 2.15. The summed E-state index contributed by atoms with van der Waals surface area (Å²) in [4.78, 5) is 0. The molecule has 5 aromatic rings. The molecule has 3 aromatic carbocycles. The second kappa shape index (κ2) is 3.92. The van der Waals surface area contributed by atoms with Gasteiger partial charge in [-0.05, 0) is 50.2 Å². The van der Waals surface area contributed by atoms with Crippen molar-refractivity contribution in [2.24, 2.45) is 0 Å². The highest BCUT2D eigenvalue weighted by molar-refractivity contribution is 6.18. The number of aryl methyl sites for hydroxylation is 2. The van der Waals surface area contributed by atoms with Crippen molar-refractivity contribution in [1.82, 2.24) is 0 Å². The van der Waals surface area contributed by atoms with Gasteiger partial charge in [0.1, 0.15) is 11.2 Å². The van der Waals surface area contributed by atoms with Crippen LogP contribution in [0.5, 0.6) is 0 Å². The van der Waals surface area contributed by atoms with E-state index in [0.717, 1.165) is 43.9 Å². The molecular formula is C20H14O2. The van der Waals surface area contributed by atoms with Crippen LogP contribution in [0, 0.1) is 13.8 Å². The van der Waals surface area contributed by atoms with E-state index >= 15 is 0 Å². The Kier molecular flexibility index (Phi) is 2.11. The van der Waals surface area contributed by atoms with Gasteiger partial charge in [0.25, 0.3) is 0 Å². The Morgan fingerprint density at radius 1 is 0.545 bits per heavy atom. The molecule has 0 fully saturated rings. The number of hydrogen-bond acceptors (Lipinski definition) is 2. The smallest absolute Gasteiger partial charge is 0.178 e. The lowest BCUT2D eigenvalue weighted by Crippen LogP contribution is -1.72. The fraction of sp³-hybridized carbons (Fsp3) is 0.100. The zero-order valence-electron chi connectivity index (χ0n) is 12.4. The Morgan fingerprint density at radius 2 is 1.00 bits per heavy atom. The summed E-state index contributed by atoms with van der Waals surface area (Å²) in [6.07, 6.45) is 0. The van der Waals surface area contributed by atoms with E-state index in [4.69, 9.17) is 8.83 Å². The number of rotatable bonds is 0. The number of hydrogen-bond donors (Lipinski definition) is 0. The second-order valence-electron chi connectivity index (χ2n) is 6.02. The van der Waals surface area contributed by atoms with Gasteiger partial charge in [-0.15, -0.1) is 0 Å². The maximum Gasteiger partial charge on any atom is 0.178 e. The fourth-order valence-corrected chi connectivity index (χ4v) is 3.30. The van der Waals surface area contributed by atoms with Gasteiger partial charge < -0.3 is 8.83 Å². The van der Waals surface area contributed by atoms with E-state index in [1.807, 2.05) is 12.1 Å². The molecule has 106 valence electrons. The molecule has 0 radical (unpaired) electrons. The third kappa shape index (κ3) is 1.44. The van der Waals surface area contributed by atoms with E-state index < -0.39 is 0 Å². The minimum atomic E-state index is 0.840. The molecule has 0 amide bonds. The average molecular weight is 286 g/mol. The molecule has 0 spiro atoms. The van der Waals surface area contributed by atoms with E-state index in [2.05, 4.69) is 50.2 Å². The van der Waals surface area contributed by atoms with E-state index in [9.17, 15) is 0 Å². The van der Waals surface area contributed by atoms with Gasteiger partial charge >= 0.3 is 0 Å². The molecule has 2 heteroatoms. The Bertz CT molecular complexity index is 1090. The van der Waals surface area contributed by atoms with Crippen molar-refractivity contribution in [3.8, 4) is 0 Å². The van der Waals surface area contributed by atoms with Crippen molar-refractivity contribution >= 4 is 43.9 Å². The standard InChI is InChI=1S/C20H14O2/c1-11-3-7-17-15(9-11)13-5-6-14-16-10-12(2)4-8-18(16)22-20(14)19(13)21-17/h3-10H,1-2H3. The van der Waals surface area contributed by atoms with E-state index in [1.165, 1.54) is 11.1 Å². The van der Waals surface area contributed by atoms with Gasteiger partial charge in [-0.1, -0.05) is 23.3 Å². The van der Waals surface area contributed by atoms with Crippen molar-refractivity contribution in [2.45, 2.75) is 13.8 Å². The van der Waals surface area contributed by atoms with Gasteiger partial charge in [-0.25, -0.2) is 0 Å². The number of fused-ring (bicyclic) bond motifs is 7. The summed E-state index contributed by atoms with van der Waals surface area (Å²) in [7, 11) is 0. The van der Waals surface area contributed by atoms with Crippen LogP contribution in [0.25, 0.3) is 43.9 Å². The molecule has 0 aliphatic heterocycles. The molecule has 0 aliphatic carbocycles. The first-order chi connectivity index (χ1) is 10.7. The lowest BCUT2D eigenvalue weighted by Gasteiger charge is -1.93. The summed E-state index contributed by atoms with van der Waals surface area (Å²) in [6.45, 7) is 4.20. The molecule has 2 nitrogen and oxygen atoms in total. The molecule has 2 aromatic heterocycles. The molecule has 0 N–H and O–H groups in total. The van der Waals surface area contributed by atoms with E-state index in [1.54, 1.807) is 0 Å². The Morgan fingerprint density at radius 3 is 1.45 bits per heavy atom. The predicted molar refractivity (Wildman–Crippen MR) is 90.5 cm³/mol. The van der Waals surface area contributed by atoms with Crippen molar-refractivity contribution in [2.75, 3.05) is 0 Å². The zero-order valence-corrected chi connectivity index (χ0v) is 12.4. The Hall–Kier alpha value is -2.74. The third-order valence-electron chi connectivity index (χ3n) is 4.39. The largest absolute Gasteiger partial charge is 0.452 e. The van der Waals surface area contributed by atoms with Gasteiger partial charge in [0, 0.05) is 21.5 Å². The van der Waals surface area contributed by atoms with Crippen LogP contribution in [0.4, 0.5) is 0 Å². The second-order valence-corrected chi connectivity index (χ2v) is 6.02. The van der Waals surface area contributed by atoms with Crippen molar-refractivity contribution < 1.29 is 8.83 Å². The summed E-state index contributed by atoms with van der Waals surface area (Å²) in [5.41, 5.74) is 5.96. The van der Waals surface area contributed by atoms with Crippen LogP contribution in [-0.4, -0.2) is 0 Å². The molecule has 0 saturated carbocycles. The minimum absolute atomic E-state index is 0.840. The monoisotopic (exact) mass is 286 g/mol. The number of benzene rings is 3. The fourth-order valence-electron chi connectivity index (χ4n) is 3.30. The van der Waals surface area contributed by atoms with Crippen LogP contribution in [0.2, 0.25) is 0 Å². The first-order valence-electron chi connectivity index (χ1n) is 7.45. The maximum atomic E-state index is 6.09.